The van der Waals surface area contributed by atoms with E-state index in [1.54, 1.807) is 0 Å². The average molecular weight is 683 g/mol. The normalized spacial score (nSPS) is 11.7. The summed E-state index contributed by atoms with van der Waals surface area (Å²) in [6, 6.07) is 76.1. The fraction of sp³-hybridized carbons (Fsp3) is 0. The summed E-state index contributed by atoms with van der Waals surface area (Å²) < 4.78 is 0. The molecular formula is C54H34. The van der Waals surface area contributed by atoms with Gasteiger partial charge in [0.05, 0.1) is 0 Å². The van der Waals surface area contributed by atoms with Crippen LogP contribution in [0.15, 0.2) is 206 Å². The number of fused-ring (bicyclic) bond motifs is 7. The lowest BCUT2D eigenvalue weighted by molar-refractivity contribution is 1.63. The van der Waals surface area contributed by atoms with Crippen molar-refractivity contribution in [2.45, 2.75) is 0 Å². The minimum atomic E-state index is 1.23. The standard InChI is InChI=1S/C54H34/c1-3-16-45-35(11-1)13-10-22-47(45)41-14-9-15-43(34-41)53-49-18-5-7-20-51(49)54(52-21-8-6-19-50(52)53)44-28-26-38-31-37(24-25-39(38)33-44)40-29-30-48-42(32-40)27-23-36-12-2-4-17-46(36)48/h1-34H. The zero-order valence-corrected chi connectivity index (χ0v) is 29.6. The first-order valence-electron chi connectivity index (χ1n) is 18.7. The van der Waals surface area contributed by atoms with Gasteiger partial charge in [0.25, 0.3) is 0 Å². The van der Waals surface area contributed by atoms with Crippen LogP contribution in [0, 0.1) is 0 Å². The van der Waals surface area contributed by atoms with Crippen molar-refractivity contribution in [3.8, 4) is 44.5 Å². The monoisotopic (exact) mass is 682 g/mol. The van der Waals surface area contributed by atoms with E-state index in [2.05, 4.69) is 206 Å². The van der Waals surface area contributed by atoms with Gasteiger partial charge < -0.3 is 0 Å². The maximum atomic E-state index is 2.38. The Morgan fingerprint density at radius 1 is 0.185 bits per heavy atom. The molecule has 0 unspecified atom stereocenters. The Bertz CT molecular complexity index is 3210. The average Bonchev–Trinajstić information content (AvgIpc) is 3.24. The number of rotatable bonds is 4. The molecule has 0 atom stereocenters. The molecule has 0 aliphatic carbocycles. The molecule has 0 spiro atoms. The molecule has 11 aromatic carbocycles. The second-order valence-corrected chi connectivity index (χ2v) is 14.4. The summed E-state index contributed by atoms with van der Waals surface area (Å²) in [6.45, 7) is 0. The summed E-state index contributed by atoms with van der Waals surface area (Å²) in [5.74, 6) is 0. The first-order chi connectivity index (χ1) is 26.8. The van der Waals surface area contributed by atoms with E-state index in [1.807, 2.05) is 0 Å². The molecule has 0 radical (unpaired) electrons. The van der Waals surface area contributed by atoms with Crippen LogP contribution in [0.3, 0.4) is 0 Å². The van der Waals surface area contributed by atoms with Gasteiger partial charge in [0.1, 0.15) is 0 Å². The van der Waals surface area contributed by atoms with E-state index in [0.29, 0.717) is 0 Å². The smallest absolute Gasteiger partial charge is 0.00262 e. The van der Waals surface area contributed by atoms with Crippen molar-refractivity contribution in [2.75, 3.05) is 0 Å². The lowest BCUT2D eigenvalue weighted by Crippen LogP contribution is -1.91. The van der Waals surface area contributed by atoms with Crippen molar-refractivity contribution in [1.82, 2.24) is 0 Å². The van der Waals surface area contributed by atoms with Crippen molar-refractivity contribution in [3.05, 3.63) is 206 Å². The van der Waals surface area contributed by atoms with Crippen molar-refractivity contribution in [1.29, 1.82) is 0 Å². The molecule has 0 aliphatic rings. The quantitative estimate of drug-likeness (QED) is 0.128. The number of hydrogen-bond acceptors (Lipinski definition) is 0. The Hall–Kier alpha value is -7.02. The van der Waals surface area contributed by atoms with Crippen LogP contribution in [0.4, 0.5) is 0 Å². The second kappa shape index (κ2) is 12.3. The first-order valence-corrected chi connectivity index (χ1v) is 18.7. The van der Waals surface area contributed by atoms with Crippen molar-refractivity contribution in [3.63, 3.8) is 0 Å². The second-order valence-electron chi connectivity index (χ2n) is 14.4. The van der Waals surface area contributed by atoms with Crippen LogP contribution in [0.2, 0.25) is 0 Å². The van der Waals surface area contributed by atoms with Gasteiger partial charge in [-0.25, -0.2) is 0 Å². The molecule has 0 N–H and O–H groups in total. The van der Waals surface area contributed by atoms with Crippen molar-refractivity contribution >= 4 is 64.6 Å². The lowest BCUT2D eigenvalue weighted by atomic mass is 9.85. The summed E-state index contributed by atoms with van der Waals surface area (Å²) in [5, 5.41) is 15.2. The molecule has 0 heteroatoms. The summed E-state index contributed by atoms with van der Waals surface area (Å²) in [7, 11) is 0. The molecule has 0 heterocycles. The van der Waals surface area contributed by atoms with Gasteiger partial charge in [0.2, 0.25) is 0 Å². The summed E-state index contributed by atoms with van der Waals surface area (Å²) in [5.41, 5.74) is 9.98. The molecular weight excluding hydrogens is 649 g/mol. The third-order valence-corrected chi connectivity index (χ3v) is 11.4. The van der Waals surface area contributed by atoms with Crippen molar-refractivity contribution in [2.24, 2.45) is 0 Å². The highest BCUT2D eigenvalue weighted by molar-refractivity contribution is 6.22. The van der Waals surface area contributed by atoms with E-state index in [4.69, 9.17) is 0 Å². The maximum Gasteiger partial charge on any atom is -0.00262 e. The van der Waals surface area contributed by atoms with E-state index in [0.717, 1.165) is 0 Å². The predicted octanol–water partition coefficient (Wildman–Crippen LogP) is 15.3. The van der Waals surface area contributed by atoms with Crippen LogP contribution in [0.1, 0.15) is 0 Å². The summed E-state index contributed by atoms with van der Waals surface area (Å²) >= 11 is 0. The summed E-state index contributed by atoms with van der Waals surface area (Å²) in [6.07, 6.45) is 0. The Morgan fingerprint density at radius 2 is 0.593 bits per heavy atom. The van der Waals surface area contributed by atoms with Gasteiger partial charge in [-0.3, -0.25) is 0 Å². The fourth-order valence-electron chi connectivity index (χ4n) is 8.84. The molecule has 0 amide bonds. The van der Waals surface area contributed by atoms with Gasteiger partial charge >= 0.3 is 0 Å². The lowest BCUT2D eigenvalue weighted by Gasteiger charge is -2.18. The molecule has 250 valence electrons. The molecule has 0 aliphatic heterocycles. The van der Waals surface area contributed by atoms with E-state index in [-0.39, 0.29) is 0 Å². The van der Waals surface area contributed by atoms with Crippen LogP contribution in [-0.4, -0.2) is 0 Å². The molecule has 0 saturated heterocycles. The zero-order valence-electron chi connectivity index (χ0n) is 29.6. The molecule has 11 aromatic rings. The third kappa shape index (κ3) is 4.92. The van der Waals surface area contributed by atoms with Gasteiger partial charge in [0.15, 0.2) is 0 Å². The van der Waals surface area contributed by atoms with Gasteiger partial charge in [-0.2, -0.15) is 0 Å². The van der Waals surface area contributed by atoms with E-state index >= 15 is 0 Å². The van der Waals surface area contributed by atoms with Gasteiger partial charge in [0, 0.05) is 0 Å². The topological polar surface area (TPSA) is 0 Å². The van der Waals surface area contributed by atoms with Gasteiger partial charge in [-0.15, -0.1) is 0 Å². The van der Waals surface area contributed by atoms with Crippen LogP contribution < -0.4 is 0 Å². The largest absolute Gasteiger partial charge is 0.0616 e. The van der Waals surface area contributed by atoms with Gasteiger partial charge in [-0.1, -0.05) is 182 Å². The van der Waals surface area contributed by atoms with E-state index < -0.39 is 0 Å². The number of benzene rings is 11. The Kier molecular flexibility index (Phi) is 6.97. The minimum absolute atomic E-state index is 1.23. The number of hydrogen-bond donors (Lipinski definition) is 0. The Balaban J connectivity index is 1.04. The van der Waals surface area contributed by atoms with Gasteiger partial charge in [-0.05, 0) is 133 Å². The highest BCUT2D eigenvalue weighted by Crippen LogP contribution is 2.45. The molecule has 0 saturated carbocycles. The molecule has 0 aromatic heterocycles. The minimum Gasteiger partial charge on any atom is -0.0616 e. The molecule has 0 fully saturated rings. The third-order valence-electron chi connectivity index (χ3n) is 11.4. The Labute approximate surface area is 314 Å². The SMILES string of the molecule is c1cc(-c2cccc3ccccc23)cc(-c2c3ccccc3c(-c3ccc4cc(-c5ccc6c(ccc7ccccc76)c5)ccc4c3)c3ccccc23)c1. The van der Waals surface area contributed by atoms with Crippen LogP contribution in [0.5, 0.6) is 0 Å². The first kappa shape index (κ1) is 30.6. The van der Waals surface area contributed by atoms with Crippen LogP contribution in [-0.2, 0) is 0 Å². The van der Waals surface area contributed by atoms with Crippen LogP contribution >= 0.6 is 0 Å². The molecule has 0 bridgehead atoms. The molecule has 0 nitrogen and oxygen atoms in total. The molecule has 11 rings (SSSR count). The summed E-state index contributed by atoms with van der Waals surface area (Å²) in [4.78, 5) is 0. The predicted molar refractivity (Wildman–Crippen MR) is 233 cm³/mol. The fourth-order valence-corrected chi connectivity index (χ4v) is 8.84. The van der Waals surface area contributed by atoms with E-state index in [1.165, 1.54) is 109 Å². The highest BCUT2D eigenvalue weighted by Gasteiger charge is 2.18. The maximum absolute atomic E-state index is 2.38. The van der Waals surface area contributed by atoms with Crippen LogP contribution in [0.25, 0.3) is 109 Å². The Morgan fingerprint density at radius 3 is 1.28 bits per heavy atom. The zero-order chi connectivity index (χ0) is 35.6. The molecule has 54 heavy (non-hydrogen) atoms. The van der Waals surface area contributed by atoms with E-state index in [9.17, 15) is 0 Å². The van der Waals surface area contributed by atoms with Crippen molar-refractivity contribution < 1.29 is 0 Å². The highest BCUT2D eigenvalue weighted by atomic mass is 14.2.